The van der Waals surface area contributed by atoms with E-state index in [1.54, 1.807) is 36.4 Å². The maximum Gasteiger partial charge on any atom is 0.339 e. The Labute approximate surface area is 118 Å². The summed E-state index contributed by atoms with van der Waals surface area (Å²) in [7, 11) is 0. The van der Waals surface area contributed by atoms with Crippen molar-refractivity contribution in [3.05, 3.63) is 58.1 Å². The Hall–Kier alpha value is -2.01. The standard InChI is InChI=1S/C14H11BrO4/c15-12-6-2-5-11(14(17)18)13(12)19-8-9-3-1-4-10(16)7-9/h1-7,16H,8H2,(H,17,18). The van der Waals surface area contributed by atoms with Crippen molar-refractivity contribution in [3.8, 4) is 11.5 Å². The summed E-state index contributed by atoms with van der Waals surface area (Å²) in [4.78, 5) is 11.1. The number of carboxylic acids is 1. The number of carboxylic acid groups (broad SMARTS) is 1. The highest BCUT2D eigenvalue weighted by Crippen LogP contribution is 2.30. The van der Waals surface area contributed by atoms with Gasteiger partial charge in [0, 0.05) is 0 Å². The zero-order chi connectivity index (χ0) is 13.8. The molecule has 0 aromatic heterocycles. The van der Waals surface area contributed by atoms with Crippen LogP contribution in [-0.4, -0.2) is 16.2 Å². The number of hydrogen-bond donors (Lipinski definition) is 2. The van der Waals surface area contributed by atoms with E-state index in [1.165, 1.54) is 6.07 Å². The summed E-state index contributed by atoms with van der Waals surface area (Å²) in [6.45, 7) is 0.178. The van der Waals surface area contributed by atoms with Crippen LogP contribution in [0, 0.1) is 0 Å². The van der Waals surface area contributed by atoms with Gasteiger partial charge in [0.1, 0.15) is 23.7 Å². The molecule has 4 nitrogen and oxygen atoms in total. The van der Waals surface area contributed by atoms with E-state index in [9.17, 15) is 9.90 Å². The predicted octanol–water partition coefficient (Wildman–Crippen LogP) is 3.43. The molecule has 5 heteroatoms. The Morgan fingerprint density at radius 1 is 1.21 bits per heavy atom. The van der Waals surface area contributed by atoms with Gasteiger partial charge in [-0.2, -0.15) is 0 Å². The minimum atomic E-state index is -1.05. The molecule has 0 spiro atoms. The number of benzene rings is 2. The van der Waals surface area contributed by atoms with Crippen molar-refractivity contribution >= 4 is 21.9 Å². The number of ether oxygens (including phenoxy) is 1. The highest BCUT2D eigenvalue weighted by atomic mass is 79.9. The van der Waals surface area contributed by atoms with Crippen LogP contribution in [0.25, 0.3) is 0 Å². The second kappa shape index (κ2) is 5.75. The van der Waals surface area contributed by atoms with Crippen molar-refractivity contribution in [2.45, 2.75) is 6.61 Å². The van der Waals surface area contributed by atoms with Gasteiger partial charge in [0.25, 0.3) is 0 Å². The van der Waals surface area contributed by atoms with E-state index in [2.05, 4.69) is 15.9 Å². The summed E-state index contributed by atoms with van der Waals surface area (Å²) in [5.41, 5.74) is 0.849. The maximum absolute atomic E-state index is 11.1. The number of carbonyl (C=O) groups is 1. The van der Waals surface area contributed by atoms with E-state index < -0.39 is 5.97 Å². The summed E-state index contributed by atoms with van der Waals surface area (Å²) in [6, 6.07) is 11.4. The molecule has 0 aliphatic rings. The lowest BCUT2D eigenvalue weighted by Gasteiger charge is -2.11. The van der Waals surface area contributed by atoms with E-state index in [-0.39, 0.29) is 23.7 Å². The third-order valence-corrected chi connectivity index (χ3v) is 3.12. The van der Waals surface area contributed by atoms with E-state index in [0.717, 1.165) is 5.56 Å². The van der Waals surface area contributed by atoms with Gasteiger partial charge in [0.15, 0.2) is 0 Å². The molecule has 0 fully saturated rings. The van der Waals surface area contributed by atoms with Gasteiger partial charge in [-0.1, -0.05) is 18.2 Å². The van der Waals surface area contributed by atoms with Crippen molar-refractivity contribution in [3.63, 3.8) is 0 Å². The quantitative estimate of drug-likeness (QED) is 0.905. The van der Waals surface area contributed by atoms with E-state index in [4.69, 9.17) is 9.84 Å². The molecule has 2 aromatic rings. The summed E-state index contributed by atoms with van der Waals surface area (Å²) in [5.74, 6) is -0.628. The summed E-state index contributed by atoms with van der Waals surface area (Å²) in [5, 5.41) is 18.4. The zero-order valence-corrected chi connectivity index (χ0v) is 11.4. The van der Waals surface area contributed by atoms with Crippen molar-refractivity contribution in [2.24, 2.45) is 0 Å². The minimum Gasteiger partial charge on any atom is -0.508 e. The molecular formula is C14H11BrO4. The second-order valence-corrected chi connectivity index (χ2v) is 4.73. The number of phenols is 1. The van der Waals surface area contributed by atoms with Crippen LogP contribution in [0.15, 0.2) is 46.9 Å². The fourth-order valence-electron chi connectivity index (χ4n) is 1.63. The smallest absolute Gasteiger partial charge is 0.339 e. The summed E-state index contributed by atoms with van der Waals surface area (Å²) >= 11 is 3.27. The first-order valence-electron chi connectivity index (χ1n) is 5.50. The van der Waals surface area contributed by atoms with Gasteiger partial charge in [-0.25, -0.2) is 4.79 Å². The second-order valence-electron chi connectivity index (χ2n) is 3.88. The Balaban J connectivity index is 2.22. The molecule has 0 saturated carbocycles. The van der Waals surface area contributed by atoms with Crippen molar-refractivity contribution < 1.29 is 19.7 Å². The van der Waals surface area contributed by atoms with Crippen LogP contribution in [0.3, 0.4) is 0 Å². The van der Waals surface area contributed by atoms with Gasteiger partial charge in [-0.05, 0) is 45.8 Å². The van der Waals surface area contributed by atoms with Gasteiger partial charge in [-0.15, -0.1) is 0 Å². The Morgan fingerprint density at radius 3 is 2.63 bits per heavy atom. The summed E-state index contributed by atoms with van der Waals surface area (Å²) in [6.07, 6.45) is 0. The van der Waals surface area contributed by atoms with Crippen LogP contribution in [0.2, 0.25) is 0 Å². The fourth-order valence-corrected chi connectivity index (χ4v) is 2.11. The zero-order valence-electron chi connectivity index (χ0n) is 9.84. The topological polar surface area (TPSA) is 66.8 Å². The fraction of sp³-hybridized carbons (Fsp3) is 0.0714. The van der Waals surface area contributed by atoms with Crippen LogP contribution in [0.5, 0.6) is 11.5 Å². The van der Waals surface area contributed by atoms with Crippen LogP contribution in [0.4, 0.5) is 0 Å². The SMILES string of the molecule is O=C(O)c1cccc(Br)c1OCc1cccc(O)c1. The lowest BCUT2D eigenvalue weighted by Crippen LogP contribution is -2.04. The number of aromatic carboxylic acids is 1. The molecule has 0 bridgehead atoms. The van der Waals surface area contributed by atoms with E-state index in [1.807, 2.05) is 0 Å². The molecule has 0 unspecified atom stereocenters. The first-order chi connectivity index (χ1) is 9.08. The molecule has 0 aliphatic heterocycles. The molecule has 0 heterocycles. The van der Waals surface area contributed by atoms with Crippen molar-refractivity contribution in [1.82, 2.24) is 0 Å². The van der Waals surface area contributed by atoms with Gasteiger partial charge in [0.05, 0.1) is 4.47 Å². The molecule has 0 atom stereocenters. The number of phenolic OH excluding ortho intramolecular Hbond substituents is 1. The summed E-state index contributed by atoms with van der Waals surface area (Å²) < 4.78 is 6.11. The number of hydrogen-bond acceptors (Lipinski definition) is 3. The first-order valence-corrected chi connectivity index (χ1v) is 6.30. The third-order valence-electron chi connectivity index (χ3n) is 2.49. The molecule has 0 amide bonds. The van der Waals surface area contributed by atoms with Crippen LogP contribution in [0.1, 0.15) is 15.9 Å². The van der Waals surface area contributed by atoms with Gasteiger partial charge in [-0.3, -0.25) is 0 Å². The lowest BCUT2D eigenvalue weighted by atomic mass is 10.2. The predicted molar refractivity (Wildman–Crippen MR) is 73.5 cm³/mol. The van der Waals surface area contributed by atoms with Crippen LogP contribution >= 0.6 is 15.9 Å². The molecule has 2 N–H and O–H groups in total. The molecular weight excluding hydrogens is 312 g/mol. The molecule has 0 saturated heterocycles. The molecule has 98 valence electrons. The van der Waals surface area contributed by atoms with Crippen LogP contribution < -0.4 is 4.74 Å². The van der Waals surface area contributed by atoms with E-state index >= 15 is 0 Å². The van der Waals surface area contributed by atoms with Gasteiger partial charge >= 0.3 is 5.97 Å². The minimum absolute atomic E-state index is 0.0922. The number of para-hydroxylation sites is 1. The molecule has 19 heavy (non-hydrogen) atoms. The normalized spacial score (nSPS) is 10.2. The Morgan fingerprint density at radius 2 is 1.95 bits per heavy atom. The lowest BCUT2D eigenvalue weighted by molar-refractivity contribution is 0.0691. The van der Waals surface area contributed by atoms with Crippen LogP contribution in [-0.2, 0) is 6.61 Å². The highest BCUT2D eigenvalue weighted by Gasteiger charge is 2.14. The molecule has 0 radical (unpaired) electrons. The van der Waals surface area contributed by atoms with E-state index in [0.29, 0.717) is 4.47 Å². The Kier molecular flexibility index (Phi) is 4.06. The van der Waals surface area contributed by atoms with Gasteiger partial charge in [0.2, 0.25) is 0 Å². The molecule has 2 rings (SSSR count). The number of aromatic hydroxyl groups is 1. The molecule has 2 aromatic carbocycles. The third kappa shape index (κ3) is 3.26. The average molecular weight is 323 g/mol. The average Bonchev–Trinajstić information content (AvgIpc) is 2.37. The van der Waals surface area contributed by atoms with Crippen molar-refractivity contribution in [2.75, 3.05) is 0 Å². The highest BCUT2D eigenvalue weighted by molar-refractivity contribution is 9.10. The van der Waals surface area contributed by atoms with Crippen molar-refractivity contribution in [1.29, 1.82) is 0 Å². The first kappa shape index (κ1) is 13.4. The number of halogens is 1. The molecule has 0 aliphatic carbocycles. The van der Waals surface area contributed by atoms with Gasteiger partial charge < -0.3 is 14.9 Å². The Bertz CT molecular complexity index is 610. The largest absolute Gasteiger partial charge is 0.508 e. The number of rotatable bonds is 4. The maximum atomic E-state index is 11.1. The monoisotopic (exact) mass is 322 g/mol.